The van der Waals surface area contributed by atoms with Gasteiger partial charge in [-0.2, -0.15) is 0 Å². The fourth-order valence-electron chi connectivity index (χ4n) is 3.87. The maximum atomic E-state index is 12.9. The summed E-state index contributed by atoms with van der Waals surface area (Å²) < 4.78 is 2.02. The highest BCUT2D eigenvalue weighted by Crippen LogP contribution is 2.24. The Morgan fingerprint density at radius 3 is 2.80 bits per heavy atom. The van der Waals surface area contributed by atoms with Gasteiger partial charge in [0.2, 0.25) is 5.91 Å². The van der Waals surface area contributed by atoms with Gasteiger partial charge in [0.05, 0.1) is 11.6 Å². The summed E-state index contributed by atoms with van der Waals surface area (Å²) in [5.74, 6) is -0.295. The second-order valence-corrected chi connectivity index (χ2v) is 7.81. The molecule has 134 valence electrons. The van der Waals surface area contributed by atoms with Crippen molar-refractivity contribution in [2.24, 2.45) is 11.7 Å². The number of carbonyl (C=O) groups excluding carboxylic acids is 2. The second kappa shape index (κ2) is 6.76. The molecule has 0 unspecified atom stereocenters. The van der Waals surface area contributed by atoms with Gasteiger partial charge in [-0.3, -0.25) is 18.9 Å². The van der Waals surface area contributed by atoms with Crippen LogP contribution in [0.5, 0.6) is 0 Å². The maximum Gasteiger partial charge on any atom is 0.274 e. The Labute approximate surface area is 150 Å². The molecule has 2 aromatic heterocycles. The molecule has 2 aliphatic rings. The van der Waals surface area contributed by atoms with E-state index in [1.807, 2.05) is 20.9 Å². The Morgan fingerprint density at radius 1 is 1.24 bits per heavy atom. The van der Waals surface area contributed by atoms with E-state index in [0.717, 1.165) is 56.0 Å². The van der Waals surface area contributed by atoms with E-state index < -0.39 is 0 Å². The molecule has 4 heterocycles. The first-order valence-electron chi connectivity index (χ1n) is 8.89. The van der Waals surface area contributed by atoms with Gasteiger partial charge in [-0.1, -0.05) is 0 Å². The summed E-state index contributed by atoms with van der Waals surface area (Å²) in [5.41, 5.74) is 6.99. The van der Waals surface area contributed by atoms with Crippen LogP contribution >= 0.6 is 11.3 Å². The van der Waals surface area contributed by atoms with Crippen molar-refractivity contribution >= 4 is 28.1 Å². The van der Waals surface area contributed by atoms with E-state index in [4.69, 9.17) is 5.73 Å². The van der Waals surface area contributed by atoms with Crippen LogP contribution < -0.4 is 5.73 Å². The molecular formula is C17H23N5O2S. The van der Waals surface area contributed by atoms with Crippen molar-refractivity contribution < 1.29 is 9.59 Å². The van der Waals surface area contributed by atoms with E-state index in [2.05, 4.69) is 9.88 Å². The van der Waals surface area contributed by atoms with Crippen molar-refractivity contribution in [3.8, 4) is 0 Å². The number of imidazole rings is 1. The number of carbonyl (C=O) groups is 2. The second-order valence-electron chi connectivity index (χ2n) is 6.94. The largest absolute Gasteiger partial charge is 0.369 e. The van der Waals surface area contributed by atoms with Gasteiger partial charge in [0.1, 0.15) is 0 Å². The van der Waals surface area contributed by atoms with E-state index in [-0.39, 0.29) is 17.7 Å². The van der Waals surface area contributed by atoms with Crippen LogP contribution in [0.4, 0.5) is 0 Å². The molecule has 25 heavy (non-hydrogen) atoms. The van der Waals surface area contributed by atoms with E-state index in [9.17, 15) is 9.59 Å². The SMILES string of the molecule is NC(=O)[C@H]1CCCN(Cc2c(C(=O)N3CCCC3)nc3sccn23)C1. The predicted molar refractivity (Wildman–Crippen MR) is 95.4 cm³/mol. The van der Waals surface area contributed by atoms with Crippen LogP contribution in [0.25, 0.3) is 4.96 Å². The van der Waals surface area contributed by atoms with Crippen LogP contribution in [-0.4, -0.2) is 57.2 Å². The summed E-state index contributed by atoms with van der Waals surface area (Å²) in [6.07, 6.45) is 5.91. The molecule has 2 N–H and O–H groups in total. The topological polar surface area (TPSA) is 83.9 Å². The number of hydrogen-bond acceptors (Lipinski definition) is 5. The minimum atomic E-state index is -0.230. The van der Waals surface area contributed by atoms with Crippen molar-refractivity contribution in [2.45, 2.75) is 32.2 Å². The number of nitrogens with two attached hydrogens (primary N) is 1. The number of piperidine rings is 1. The molecule has 4 rings (SSSR count). The van der Waals surface area contributed by atoms with E-state index in [1.54, 1.807) is 0 Å². The lowest BCUT2D eigenvalue weighted by Crippen LogP contribution is -2.41. The van der Waals surface area contributed by atoms with Crippen LogP contribution in [-0.2, 0) is 11.3 Å². The molecule has 2 aliphatic heterocycles. The Morgan fingerprint density at radius 2 is 2.04 bits per heavy atom. The summed E-state index contributed by atoms with van der Waals surface area (Å²) in [6, 6.07) is 0. The number of rotatable bonds is 4. The highest BCUT2D eigenvalue weighted by Gasteiger charge is 2.29. The van der Waals surface area contributed by atoms with Gasteiger partial charge in [0.15, 0.2) is 10.7 Å². The van der Waals surface area contributed by atoms with Crippen LogP contribution in [0.1, 0.15) is 41.9 Å². The highest BCUT2D eigenvalue weighted by atomic mass is 32.1. The number of primary amides is 1. The Balaban J connectivity index is 1.61. The molecule has 0 spiro atoms. The summed E-state index contributed by atoms with van der Waals surface area (Å²) in [7, 11) is 0. The smallest absolute Gasteiger partial charge is 0.274 e. The molecule has 2 saturated heterocycles. The van der Waals surface area contributed by atoms with E-state index in [1.165, 1.54) is 11.3 Å². The van der Waals surface area contributed by atoms with Crippen molar-refractivity contribution in [3.05, 3.63) is 23.0 Å². The van der Waals surface area contributed by atoms with Gasteiger partial charge >= 0.3 is 0 Å². The lowest BCUT2D eigenvalue weighted by Gasteiger charge is -2.31. The Kier molecular flexibility index (Phi) is 4.47. The normalized spacial score (nSPS) is 21.9. The third-order valence-electron chi connectivity index (χ3n) is 5.24. The molecule has 7 nitrogen and oxygen atoms in total. The monoisotopic (exact) mass is 361 g/mol. The quantitative estimate of drug-likeness (QED) is 0.890. The van der Waals surface area contributed by atoms with Crippen molar-refractivity contribution in [2.75, 3.05) is 26.2 Å². The van der Waals surface area contributed by atoms with E-state index in [0.29, 0.717) is 18.8 Å². The summed E-state index contributed by atoms with van der Waals surface area (Å²) in [4.78, 5) is 34.0. The number of aromatic nitrogens is 2. The van der Waals surface area contributed by atoms with Crippen LogP contribution in [0, 0.1) is 5.92 Å². The van der Waals surface area contributed by atoms with Gasteiger partial charge in [-0.15, -0.1) is 11.3 Å². The molecule has 1 atom stereocenters. The molecule has 2 amide bonds. The molecular weight excluding hydrogens is 338 g/mol. The molecule has 2 aromatic rings. The summed E-state index contributed by atoms with van der Waals surface area (Å²) >= 11 is 1.54. The number of likely N-dealkylation sites (tertiary alicyclic amines) is 2. The van der Waals surface area contributed by atoms with Crippen molar-refractivity contribution in [1.82, 2.24) is 19.2 Å². The van der Waals surface area contributed by atoms with Crippen molar-refractivity contribution in [1.29, 1.82) is 0 Å². The molecule has 8 heteroatoms. The van der Waals surface area contributed by atoms with Gasteiger partial charge < -0.3 is 10.6 Å². The standard InChI is InChI=1S/C17H23N5O2S/c18-15(23)12-4-3-5-20(10-12)11-13-14(16(24)21-6-1-2-7-21)19-17-22(13)8-9-25-17/h8-9,12H,1-7,10-11H2,(H2,18,23)/t12-/m0/s1. The molecule has 0 bridgehead atoms. The first-order valence-corrected chi connectivity index (χ1v) is 9.77. The Hall–Kier alpha value is -1.93. The van der Waals surface area contributed by atoms with Crippen LogP contribution in [0.3, 0.4) is 0 Å². The minimum absolute atomic E-state index is 0.0341. The zero-order chi connectivity index (χ0) is 17.4. The van der Waals surface area contributed by atoms with Gasteiger partial charge in [0, 0.05) is 37.8 Å². The average molecular weight is 361 g/mol. The van der Waals surface area contributed by atoms with E-state index >= 15 is 0 Å². The lowest BCUT2D eigenvalue weighted by molar-refractivity contribution is -0.123. The molecule has 0 aliphatic carbocycles. The van der Waals surface area contributed by atoms with Crippen molar-refractivity contribution in [3.63, 3.8) is 0 Å². The molecule has 0 radical (unpaired) electrons. The first kappa shape index (κ1) is 16.5. The number of hydrogen-bond donors (Lipinski definition) is 1. The van der Waals surface area contributed by atoms with Gasteiger partial charge in [-0.25, -0.2) is 4.98 Å². The summed E-state index contributed by atoms with van der Waals surface area (Å²) in [6.45, 7) is 3.83. The molecule has 0 aromatic carbocycles. The highest BCUT2D eigenvalue weighted by molar-refractivity contribution is 7.15. The third kappa shape index (κ3) is 3.16. The predicted octanol–water partition coefficient (Wildman–Crippen LogP) is 1.33. The lowest BCUT2D eigenvalue weighted by atomic mass is 9.97. The van der Waals surface area contributed by atoms with Crippen LogP contribution in [0.2, 0.25) is 0 Å². The third-order valence-corrected chi connectivity index (χ3v) is 5.99. The fourth-order valence-corrected chi connectivity index (χ4v) is 4.60. The number of thiazole rings is 1. The summed E-state index contributed by atoms with van der Waals surface area (Å²) in [5, 5.41) is 1.98. The zero-order valence-corrected chi connectivity index (χ0v) is 15.0. The minimum Gasteiger partial charge on any atom is -0.369 e. The first-order chi connectivity index (χ1) is 12.1. The number of fused-ring (bicyclic) bond motifs is 1. The molecule has 0 saturated carbocycles. The fraction of sp³-hybridized carbons (Fsp3) is 0.588. The number of nitrogens with zero attached hydrogens (tertiary/aromatic N) is 4. The average Bonchev–Trinajstić information content (AvgIpc) is 3.33. The maximum absolute atomic E-state index is 12.9. The van der Waals surface area contributed by atoms with Crippen LogP contribution in [0.15, 0.2) is 11.6 Å². The Bertz CT molecular complexity index is 792. The molecule has 2 fully saturated rings. The van der Waals surface area contributed by atoms with Gasteiger partial charge in [0.25, 0.3) is 5.91 Å². The number of amides is 2. The van der Waals surface area contributed by atoms with Gasteiger partial charge in [-0.05, 0) is 32.2 Å². The zero-order valence-electron chi connectivity index (χ0n) is 14.2.